The summed E-state index contributed by atoms with van der Waals surface area (Å²) in [5, 5.41) is 0.219. The second-order valence-electron chi connectivity index (χ2n) is 5.26. The van der Waals surface area contributed by atoms with Gasteiger partial charge in [-0.3, -0.25) is 0 Å². The summed E-state index contributed by atoms with van der Waals surface area (Å²) in [5.74, 6) is 0.641. The van der Waals surface area contributed by atoms with Gasteiger partial charge in [-0.1, -0.05) is 44.4 Å². The third kappa shape index (κ3) is 5.40. The normalized spacial score (nSPS) is 12.1. The molecule has 6 heteroatoms. The Hall–Kier alpha value is -0.620. The number of halogens is 1. The molecule has 0 saturated heterocycles. The third-order valence-electron chi connectivity index (χ3n) is 3.02. The number of hydrogen-bond donors (Lipinski definition) is 2. The van der Waals surface area contributed by atoms with Crippen molar-refractivity contribution in [3.05, 3.63) is 28.8 Å². The van der Waals surface area contributed by atoms with Crippen LogP contribution in [0, 0.1) is 5.92 Å². The van der Waals surface area contributed by atoms with Gasteiger partial charge in [0.1, 0.15) is 4.90 Å². The van der Waals surface area contributed by atoms with E-state index in [2.05, 4.69) is 18.6 Å². The van der Waals surface area contributed by atoms with E-state index >= 15 is 0 Å². The van der Waals surface area contributed by atoms with Crippen molar-refractivity contribution in [1.29, 1.82) is 0 Å². The molecule has 0 spiro atoms. The van der Waals surface area contributed by atoms with Crippen LogP contribution >= 0.6 is 11.6 Å². The summed E-state index contributed by atoms with van der Waals surface area (Å²) >= 11 is 5.96. The van der Waals surface area contributed by atoms with Gasteiger partial charge in [0.2, 0.25) is 10.0 Å². The summed E-state index contributed by atoms with van der Waals surface area (Å²) in [5.41, 5.74) is 6.27. The minimum atomic E-state index is -3.56. The zero-order valence-electron chi connectivity index (χ0n) is 12.0. The van der Waals surface area contributed by atoms with Gasteiger partial charge in [0.05, 0.1) is 5.02 Å². The van der Waals surface area contributed by atoms with E-state index in [0.717, 1.165) is 24.8 Å². The first-order valence-electron chi connectivity index (χ1n) is 6.85. The largest absolute Gasteiger partial charge is 0.326 e. The average Bonchev–Trinajstić information content (AvgIpc) is 2.38. The molecular weight excluding hydrogens is 296 g/mol. The Labute approximate surface area is 126 Å². The lowest BCUT2D eigenvalue weighted by molar-refractivity contribution is 0.530. The van der Waals surface area contributed by atoms with Crippen LogP contribution < -0.4 is 10.5 Å². The van der Waals surface area contributed by atoms with Crippen LogP contribution in [0.3, 0.4) is 0 Å². The van der Waals surface area contributed by atoms with Gasteiger partial charge in [-0.15, -0.1) is 0 Å². The van der Waals surface area contributed by atoms with Crippen molar-refractivity contribution in [2.24, 2.45) is 11.7 Å². The molecule has 0 saturated carbocycles. The minimum Gasteiger partial charge on any atom is -0.326 e. The molecule has 1 rings (SSSR count). The first-order chi connectivity index (χ1) is 9.36. The van der Waals surface area contributed by atoms with Crippen molar-refractivity contribution in [1.82, 2.24) is 4.72 Å². The number of benzene rings is 1. The maximum Gasteiger partial charge on any atom is 0.242 e. The molecule has 0 aliphatic rings. The topological polar surface area (TPSA) is 72.2 Å². The smallest absolute Gasteiger partial charge is 0.242 e. The highest BCUT2D eigenvalue weighted by Gasteiger charge is 2.17. The van der Waals surface area contributed by atoms with Crippen LogP contribution in [-0.4, -0.2) is 15.0 Å². The summed E-state index contributed by atoms with van der Waals surface area (Å²) < 4.78 is 27.0. The second kappa shape index (κ2) is 7.98. The van der Waals surface area contributed by atoms with Crippen LogP contribution in [0.4, 0.5) is 0 Å². The van der Waals surface area contributed by atoms with Gasteiger partial charge in [-0.25, -0.2) is 13.1 Å². The molecule has 0 aromatic heterocycles. The molecule has 1 aromatic carbocycles. The Balaban J connectivity index is 2.64. The molecule has 4 nitrogen and oxygen atoms in total. The molecule has 0 aliphatic carbocycles. The van der Waals surface area contributed by atoms with Crippen molar-refractivity contribution < 1.29 is 8.42 Å². The Morgan fingerprint density at radius 3 is 2.60 bits per heavy atom. The van der Waals surface area contributed by atoms with Gasteiger partial charge in [0.25, 0.3) is 0 Å². The molecule has 0 bridgehead atoms. The van der Waals surface area contributed by atoms with Crippen molar-refractivity contribution >= 4 is 21.6 Å². The van der Waals surface area contributed by atoms with Crippen LogP contribution in [-0.2, 0) is 16.6 Å². The number of nitrogens with one attached hydrogen (secondary N) is 1. The van der Waals surface area contributed by atoms with Gasteiger partial charge < -0.3 is 5.73 Å². The molecule has 0 radical (unpaired) electrons. The molecule has 114 valence electrons. The van der Waals surface area contributed by atoms with E-state index in [4.69, 9.17) is 17.3 Å². The zero-order chi connectivity index (χ0) is 15.2. The van der Waals surface area contributed by atoms with Crippen LogP contribution in [0.1, 0.15) is 38.7 Å². The minimum absolute atomic E-state index is 0.103. The van der Waals surface area contributed by atoms with Gasteiger partial charge in [0, 0.05) is 13.1 Å². The lowest BCUT2D eigenvalue weighted by Crippen LogP contribution is -2.25. The standard InChI is InChI=1S/C14H23ClN2O2S/c1-11(2)5-3-4-8-17-20(18,19)14-9-12(10-16)6-7-13(14)15/h6-7,9,11,17H,3-5,8,10,16H2,1-2H3. The summed E-state index contributed by atoms with van der Waals surface area (Å²) in [6.07, 6.45) is 2.94. The highest BCUT2D eigenvalue weighted by molar-refractivity contribution is 7.89. The van der Waals surface area contributed by atoms with Gasteiger partial charge in [-0.2, -0.15) is 0 Å². The van der Waals surface area contributed by atoms with E-state index in [1.807, 2.05) is 0 Å². The lowest BCUT2D eigenvalue weighted by Gasteiger charge is -2.10. The molecule has 3 N–H and O–H groups in total. The van der Waals surface area contributed by atoms with E-state index in [1.54, 1.807) is 12.1 Å². The first kappa shape index (κ1) is 17.4. The summed E-state index contributed by atoms with van der Waals surface area (Å²) in [6.45, 7) is 5.02. The molecule has 0 aliphatic heterocycles. The van der Waals surface area contributed by atoms with E-state index in [0.29, 0.717) is 12.5 Å². The van der Waals surface area contributed by atoms with E-state index in [-0.39, 0.29) is 16.5 Å². The third-order valence-corrected chi connectivity index (χ3v) is 4.96. The van der Waals surface area contributed by atoms with E-state index < -0.39 is 10.0 Å². The molecule has 0 atom stereocenters. The molecule has 20 heavy (non-hydrogen) atoms. The summed E-state index contributed by atoms with van der Waals surface area (Å²) in [7, 11) is -3.56. The summed E-state index contributed by atoms with van der Waals surface area (Å²) in [4.78, 5) is 0.103. The maximum absolute atomic E-state index is 12.2. The Morgan fingerprint density at radius 1 is 1.30 bits per heavy atom. The monoisotopic (exact) mass is 318 g/mol. The summed E-state index contributed by atoms with van der Waals surface area (Å²) in [6, 6.07) is 4.82. The highest BCUT2D eigenvalue weighted by atomic mass is 35.5. The van der Waals surface area contributed by atoms with Crippen molar-refractivity contribution in [3.63, 3.8) is 0 Å². The molecule has 1 aromatic rings. The van der Waals surface area contributed by atoms with Crippen LogP contribution in [0.15, 0.2) is 23.1 Å². The zero-order valence-corrected chi connectivity index (χ0v) is 13.6. The molecule has 0 fully saturated rings. The van der Waals surface area contributed by atoms with Gasteiger partial charge >= 0.3 is 0 Å². The highest BCUT2D eigenvalue weighted by Crippen LogP contribution is 2.22. The fourth-order valence-corrected chi connectivity index (χ4v) is 3.46. The van der Waals surface area contributed by atoms with Crippen LogP contribution in [0.2, 0.25) is 5.02 Å². The predicted octanol–water partition coefficient (Wildman–Crippen LogP) is 2.90. The molecule has 0 amide bonds. The Bertz CT molecular complexity index is 530. The fraction of sp³-hybridized carbons (Fsp3) is 0.571. The number of nitrogens with two attached hydrogens (primary N) is 1. The van der Waals surface area contributed by atoms with Gasteiger partial charge in [0.15, 0.2) is 0 Å². The number of unbranched alkanes of at least 4 members (excludes halogenated alkanes) is 1. The van der Waals surface area contributed by atoms with Gasteiger partial charge in [-0.05, 0) is 30.0 Å². The Kier molecular flexibility index (Phi) is 6.95. The second-order valence-corrected chi connectivity index (χ2v) is 7.40. The fourth-order valence-electron chi connectivity index (χ4n) is 1.84. The average molecular weight is 319 g/mol. The van der Waals surface area contributed by atoms with Crippen LogP contribution in [0.5, 0.6) is 0 Å². The maximum atomic E-state index is 12.2. The Morgan fingerprint density at radius 2 is 2.00 bits per heavy atom. The molecular formula is C14H23ClN2O2S. The van der Waals surface area contributed by atoms with Crippen molar-refractivity contribution in [3.8, 4) is 0 Å². The number of rotatable bonds is 8. The van der Waals surface area contributed by atoms with Crippen molar-refractivity contribution in [2.45, 2.75) is 44.6 Å². The van der Waals surface area contributed by atoms with E-state index in [9.17, 15) is 8.42 Å². The molecule has 0 heterocycles. The SMILES string of the molecule is CC(C)CCCCNS(=O)(=O)c1cc(CN)ccc1Cl. The molecule has 0 unspecified atom stereocenters. The first-order valence-corrected chi connectivity index (χ1v) is 8.71. The van der Waals surface area contributed by atoms with Crippen molar-refractivity contribution in [2.75, 3.05) is 6.54 Å². The lowest BCUT2D eigenvalue weighted by atomic mass is 10.1. The number of sulfonamides is 1. The van der Waals surface area contributed by atoms with Crippen LogP contribution in [0.25, 0.3) is 0 Å². The predicted molar refractivity (Wildman–Crippen MR) is 83.2 cm³/mol. The number of hydrogen-bond acceptors (Lipinski definition) is 3. The van der Waals surface area contributed by atoms with E-state index in [1.165, 1.54) is 6.07 Å². The quantitative estimate of drug-likeness (QED) is 0.724.